The third kappa shape index (κ3) is 9.67. The van der Waals surface area contributed by atoms with Gasteiger partial charge in [-0.05, 0) is 48.8 Å². The van der Waals surface area contributed by atoms with Gasteiger partial charge in [-0.25, -0.2) is 0 Å². The molecule has 0 unspecified atom stereocenters. The molecular weight excluding hydrogens is 632 g/mol. The average Bonchev–Trinajstić information content (AvgIpc) is 3.87. The SMILES string of the molecule is O=C1N[C@@H](Cc2ccccc2)C(=O)N2CCC[C@@H]2C(=O)N[C@@H](CCC=CC[C@H](OCc2ccccc2)[C@@H]2CO2)C(=O)N[C@H]1Cc1ccccc1. The summed E-state index contributed by atoms with van der Waals surface area (Å²) < 4.78 is 11.7. The highest BCUT2D eigenvalue weighted by Gasteiger charge is 2.40. The molecule has 10 heteroatoms. The zero-order valence-corrected chi connectivity index (χ0v) is 28.2. The van der Waals surface area contributed by atoms with E-state index >= 15 is 0 Å². The van der Waals surface area contributed by atoms with Gasteiger partial charge in [0.05, 0.1) is 19.3 Å². The number of hydrogen-bond acceptors (Lipinski definition) is 6. The molecule has 0 spiro atoms. The predicted molar refractivity (Wildman–Crippen MR) is 189 cm³/mol. The highest BCUT2D eigenvalue weighted by molar-refractivity contribution is 5.98. The minimum absolute atomic E-state index is 0.0665. The molecule has 3 saturated heterocycles. The van der Waals surface area contributed by atoms with Gasteiger partial charge < -0.3 is 30.3 Å². The van der Waals surface area contributed by atoms with Crippen molar-refractivity contribution in [2.45, 2.75) is 87.9 Å². The van der Waals surface area contributed by atoms with Crippen molar-refractivity contribution < 1.29 is 28.7 Å². The molecule has 3 aromatic rings. The van der Waals surface area contributed by atoms with Gasteiger partial charge in [0.1, 0.15) is 30.3 Å². The molecule has 3 aromatic carbocycles. The van der Waals surface area contributed by atoms with E-state index in [2.05, 4.69) is 16.0 Å². The van der Waals surface area contributed by atoms with Crippen molar-refractivity contribution in [1.82, 2.24) is 20.9 Å². The van der Waals surface area contributed by atoms with E-state index in [1.54, 1.807) is 4.90 Å². The summed E-state index contributed by atoms with van der Waals surface area (Å²) in [5.41, 5.74) is 2.84. The van der Waals surface area contributed by atoms with Crippen molar-refractivity contribution in [3.8, 4) is 0 Å². The summed E-state index contributed by atoms with van der Waals surface area (Å²) in [5, 5.41) is 8.84. The van der Waals surface area contributed by atoms with Gasteiger partial charge >= 0.3 is 0 Å². The summed E-state index contributed by atoms with van der Waals surface area (Å²) in [7, 11) is 0. The smallest absolute Gasteiger partial charge is 0.246 e. The fraction of sp³-hybridized carbons (Fsp3) is 0.400. The summed E-state index contributed by atoms with van der Waals surface area (Å²) in [4.78, 5) is 57.2. The summed E-state index contributed by atoms with van der Waals surface area (Å²) in [6, 6.07) is 25.4. The lowest BCUT2D eigenvalue weighted by atomic mass is 10.0. The van der Waals surface area contributed by atoms with Crippen LogP contribution in [0.2, 0.25) is 0 Å². The van der Waals surface area contributed by atoms with Crippen molar-refractivity contribution in [3.63, 3.8) is 0 Å². The predicted octanol–water partition coefficient (Wildman–Crippen LogP) is 3.64. The molecule has 6 rings (SSSR count). The molecule has 3 heterocycles. The number of nitrogens with zero attached hydrogens (tertiary/aromatic N) is 1. The number of carbonyl (C=O) groups excluding carboxylic acids is 4. The molecule has 0 aromatic heterocycles. The van der Waals surface area contributed by atoms with E-state index < -0.39 is 36.0 Å². The van der Waals surface area contributed by atoms with Crippen molar-refractivity contribution in [2.24, 2.45) is 0 Å². The Bertz CT molecular complexity index is 1610. The number of ether oxygens (including phenoxy) is 2. The number of fused-ring (bicyclic) bond motifs is 1. The van der Waals surface area contributed by atoms with Crippen LogP contribution in [-0.4, -0.2) is 78.1 Å². The number of allylic oxidation sites excluding steroid dienone is 1. The van der Waals surface area contributed by atoms with Gasteiger partial charge in [0, 0.05) is 19.4 Å². The molecule has 3 fully saturated rings. The van der Waals surface area contributed by atoms with E-state index in [0.717, 1.165) is 16.7 Å². The van der Waals surface area contributed by atoms with Crippen LogP contribution in [-0.2, 0) is 48.1 Å². The minimum atomic E-state index is -0.958. The highest BCUT2D eigenvalue weighted by Crippen LogP contribution is 2.23. The molecule has 3 N–H and O–H groups in total. The van der Waals surface area contributed by atoms with Crippen LogP contribution >= 0.6 is 0 Å². The monoisotopic (exact) mass is 678 g/mol. The zero-order valence-electron chi connectivity index (χ0n) is 28.2. The number of hydrogen-bond donors (Lipinski definition) is 3. The maximum absolute atomic E-state index is 14.0. The number of amides is 4. The Morgan fingerprint density at radius 3 is 1.92 bits per heavy atom. The molecule has 3 aliphatic heterocycles. The van der Waals surface area contributed by atoms with E-state index in [1.807, 2.05) is 103 Å². The Labute approximate surface area is 293 Å². The molecule has 4 amide bonds. The zero-order chi connectivity index (χ0) is 34.7. The van der Waals surface area contributed by atoms with Crippen LogP contribution in [0.4, 0.5) is 0 Å². The van der Waals surface area contributed by atoms with Crippen molar-refractivity contribution >= 4 is 23.6 Å². The molecule has 50 heavy (non-hydrogen) atoms. The van der Waals surface area contributed by atoms with E-state index in [0.29, 0.717) is 51.9 Å². The van der Waals surface area contributed by atoms with Gasteiger partial charge in [-0.15, -0.1) is 0 Å². The Morgan fingerprint density at radius 2 is 1.28 bits per heavy atom. The second-order valence-electron chi connectivity index (χ2n) is 13.2. The van der Waals surface area contributed by atoms with Gasteiger partial charge in [0.2, 0.25) is 23.6 Å². The van der Waals surface area contributed by atoms with E-state index in [-0.39, 0.29) is 36.9 Å². The van der Waals surface area contributed by atoms with Crippen molar-refractivity contribution in [2.75, 3.05) is 13.2 Å². The van der Waals surface area contributed by atoms with Crippen LogP contribution in [0.25, 0.3) is 0 Å². The maximum atomic E-state index is 14.0. The third-order valence-electron chi connectivity index (χ3n) is 9.52. The minimum Gasteiger partial charge on any atom is -0.370 e. The fourth-order valence-electron chi connectivity index (χ4n) is 6.68. The molecule has 0 aliphatic carbocycles. The summed E-state index contributed by atoms with van der Waals surface area (Å²) >= 11 is 0. The van der Waals surface area contributed by atoms with E-state index in [1.165, 1.54) is 0 Å². The van der Waals surface area contributed by atoms with Gasteiger partial charge in [-0.3, -0.25) is 19.2 Å². The second-order valence-corrected chi connectivity index (χ2v) is 13.2. The van der Waals surface area contributed by atoms with Gasteiger partial charge in [0.15, 0.2) is 0 Å². The van der Waals surface area contributed by atoms with Crippen molar-refractivity contribution in [3.05, 3.63) is 120 Å². The largest absolute Gasteiger partial charge is 0.370 e. The number of epoxide rings is 1. The van der Waals surface area contributed by atoms with Crippen LogP contribution in [0.1, 0.15) is 48.8 Å². The summed E-state index contributed by atoms with van der Waals surface area (Å²) in [6.07, 6.45) is 7.13. The van der Waals surface area contributed by atoms with Crippen LogP contribution in [0.3, 0.4) is 0 Å². The maximum Gasteiger partial charge on any atom is 0.246 e. The second kappa shape index (κ2) is 17.2. The Hall–Kier alpha value is -4.80. The summed E-state index contributed by atoms with van der Waals surface area (Å²) in [6.45, 7) is 1.58. The molecule has 262 valence electrons. The number of nitrogens with one attached hydrogen (secondary N) is 3. The molecule has 0 radical (unpaired) electrons. The van der Waals surface area contributed by atoms with Crippen LogP contribution in [0, 0.1) is 0 Å². The van der Waals surface area contributed by atoms with Crippen LogP contribution in [0.15, 0.2) is 103 Å². The van der Waals surface area contributed by atoms with Crippen LogP contribution < -0.4 is 16.0 Å². The number of rotatable bonds is 13. The van der Waals surface area contributed by atoms with Crippen molar-refractivity contribution in [1.29, 1.82) is 0 Å². The lowest BCUT2D eigenvalue weighted by Gasteiger charge is -2.32. The normalized spacial score (nSPS) is 24.8. The topological polar surface area (TPSA) is 129 Å². The first kappa shape index (κ1) is 35.0. The van der Waals surface area contributed by atoms with Gasteiger partial charge in [-0.1, -0.05) is 103 Å². The first-order valence-corrected chi connectivity index (χ1v) is 17.7. The Balaban J connectivity index is 1.16. The molecule has 3 aliphatic rings. The summed E-state index contributed by atoms with van der Waals surface area (Å²) in [5.74, 6) is -1.53. The first-order valence-electron chi connectivity index (χ1n) is 17.7. The average molecular weight is 679 g/mol. The molecular formula is C40H46N4O6. The number of carbonyl (C=O) groups is 4. The highest BCUT2D eigenvalue weighted by atomic mass is 16.6. The standard InChI is InChI=1S/C40H46N4O6/c45-37-31(20-11-4-12-22-35(36-27-50-36)49-26-30-18-9-3-10-19-30)41-39(47)34-21-13-23-44(34)40(48)33(25-29-16-7-2-8-17-29)43-38(46)32(42-37)24-28-14-5-1-6-15-28/h1-10,12,14-19,31-36H,11,13,20-27H2,(H,41,47)(H,42,45)(H,43,46)/t31-,32-,33-,34+,35-,36-/m0/s1. The lowest BCUT2D eigenvalue weighted by molar-refractivity contribution is -0.143. The van der Waals surface area contributed by atoms with E-state index in [4.69, 9.17) is 9.47 Å². The number of benzene rings is 3. The Morgan fingerprint density at radius 1 is 0.720 bits per heavy atom. The molecule has 6 atom stereocenters. The third-order valence-corrected chi connectivity index (χ3v) is 9.52. The van der Waals surface area contributed by atoms with Gasteiger partial charge in [0.25, 0.3) is 0 Å². The van der Waals surface area contributed by atoms with Crippen LogP contribution in [0.5, 0.6) is 0 Å². The van der Waals surface area contributed by atoms with E-state index in [9.17, 15) is 19.2 Å². The van der Waals surface area contributed by atoms with Gasteiger partial charge in [-0.2, -0.15) is 0 Å². The Kier molecular flexibility index (Phi) is 12.1. The molecule has 0 saturated carbocycles. The lowest BCUT2D eigenvalue weighted by Crippen LogP contribution is -2.61. The molecule has 10 nitrogen and oxygen atoms in total. The first-order chi connectivity index (χ1) is 24.4. The molecule has 0 bridgehead atoms. The fourth-order valence-corrected chi connectivity index (χ4v) is 6.68. The quantitative estimate of drug-likeness (QED) is 0.187.